The van der Waals surface area contributed by atoms with Crippen molar-refractivity contribution in [2.45, 2.75) is 6.54 Å². The summed E-state index contributed by atoms with van der Waals surface area (Å²) in [6.07, 6.45) is 3.05. The molecule has 0 aliphatic rings. The molecule has 144 valence electrons. The fourth-order valence-corrected chi connectivity index (χ4v) is 2.61. The smallest absolute Gasteiger partial charge is 0.253 e. The molecule has 1 heterocycles. The summed E-state index contributed by atoms with van der Waals surface area (Å²) in [5.74, 6) is 0.555. The molecule has 28 heavy (non-hydrogen) atoms. The fourth-order valence-electron chi connectivity index (χ4n) is 2.61. The molecule has 0 saturated heterocycles. The van der Waals surface area contributed by atoms with Crippen LogP contribution in [0.15, 0.2) is 60.9 Å². The second-order valence-corrected chi connectivity index (χ2v) is 5.93. The molecule has 1 amide bonds. The van der Waals surface area contributed by atoms with Gasteiger partial charge in [-0.25, -0.2) is 4.39 Å². The van der Waals surface area contributed by atoms with Crippen LogP contribution in [0.3, 0.4) is 0 Å². The number of nitrogens with zero attached hydrogens (tertiary/aromatic N) is 1. The Balaban J connectivity index is 1.72. The molecule has 1 aromatic heterocycles. The van der Waals surface area contributed by atoms with Gasteiger partial charge >= 0.3 is 0 Å². The van der Waals surface area contributed by atoms with E-state index >= 15 is 0 Å². The highest BCUT2D eigenvalue weighted by molar-refractivity contribution is 5.94. The van der Waals surface area contributed by atoms with Gasteiger partial charge in [-0.15, -0.1) is 0 Å². The first-order chi connectivity index (χ1) is 13.6. The van der Waals surface area contributed by atoms with Gasteiger partial charge < -0.3 is 20.1 Å². The molecule has 0 spiro atoms. The lowest BCUT2D eigenvalue weighted by atomic mass is 10.2. The van der Waals surface area contributed by atoms with E-state index in [4.69, 9.17) is 9.47 Å². The Morgan fingerprint density at radius 3 is 2.64 bits per heavy atom. The summed E-state index contributed by atoms with van der Waals surface area (Å²) in [5.41, 5.74) is 2.09. The van der Waals surface area contributed by atoms with Gasteiger partial charge in [-0.2, -0.15) is 0 Å². The number of rotatable bonds is 7. The van der Waals surface area contributed by atoms with E-state index in [1.165, 1.54) is 12.3 Å². The molecular formula is C21H20FN3O3. The lowest BCUT2D eigenvalue weighted by Crippen LogP contribution is -2.23. The van der Waals surface area contributed by atoms with Gasteiger partial charge in [0.15, 0.2) is 0 Å². The van der Waals surface area contributed by atoms with Crippen LogP contribution in [0, 0.1) is 5.82 Å². The first kappa shape index (κ1) is 19.2. The van der Waals surface area contributed by atoms with Crippen molar-refractivity contribution in [3.05, 3.63) is 77.9 Å². The molecule has 7 heteroatoms. The normalized spacial score (nSPS) is 10.2. The average molecular weight is 381 g/mol. The van der Waals surface area contributed by atoms with Gasteiger partial charge in [0, 0.05) is 24.4 Å². The fraction of sp³-hybridized carbons (Fsp3) is 0.143. The molecule has 0 saturated carbocycles. The summed E-state index contributed by atoms with van der Waals surface area (Å²) in [7, 11) is 3.14. The van der Waals surface area contributed by atoms with Gasteiger partial charge in [-0.05, 0) is 24.3 Å². The average Bonchev–Trinajstić information content (AvgIpc) is 2.73. The molecule has 0 aliphatic heterocycles. The number of methoxy groups -OCH3 is 2. The van der Waals surface area contributed by atoms with Gasteiger partial charge in [-0.1, -0.05) is 18.2 Å². The van der Waals surface area contributed by atoms with Crippen molar-refractivity contribution in [3.8, 4) is 11.5 Å². The van der Waals surface area contributed by atoms with Crippen LogP contribution in [-0.4, -0.2) is 25.1 Å². The van der Waals surface area contributed by atoms with Gasteiger partial charge in [0.1, 0.15) is 17.3 Å². The van der Waals surface area contributed by atoms with E-state index in [0.29, 0.717) is 34.0 Å². The minimum absolute atomic E-state index is 0.0927. The van der Waals surface area contributed by atoms with Crippen molar-refractivity contribution in [2.75, 3.05) is 19.5 Å². The summed E-state index contributed by atoms with van der Waals surface area (Å²) in [6, 6.07) is 13.3. The third-order valence-corrected chi connectivity index (χ3v) is 4.09. The predicted octanol–water partition coefficient (Wildman–Crippen LogP) is 3.91. The Bertz CT molecular complexity index is 979. The van der Waals surface area contributed by atoms with E-state index in [9.17, 15) is 9.18 Å². The summed E-state index contributed by atoms with van der Waals surface area (Å²) in [4.78, 5) is 16.5. The summed E-state index contributed by atoms with van der Waals surface area (Å²) in [5, 5.41) is 5.87. The van der Waals surface area contributed by atoms with Crippen LogP contribution >= 0.6 is 0 Å². The minimum Gasteiger partial charge on any atom is -0.497 e. The molecule has 6 nitrogen and oxygen atoms in total. The Labute approximate surface area is 162 Å². The van der Waals surface area contributed by atoms with Gasteiger partial charge in [-0.3, -0.25) is 9.78 Å². The third kappa shape index (κ3) is 4.56. The highest BCUT2D eigenvalue weighted by Gasteiger charge is 2.10. The summed E-state index contributed by atoms with van der Waals surface area (Å²) >= 11 is 0. The predicted molar refractivity (Wildman–Crippen MR) is 105 cm³/mol. The molecule has 0 atom stereocenters. The lowest BCUT2D eigenvalue weighted by molar-refractivity contribution is 0.0950. The van der Waals surface area contributed by atoms with Crippen molar-refractivity contribution in [2.24, 2.45) is 0 Å². The summed E-state index contributed by atoms with van der Waals surface area (Å²) in [6.45, 7) is 0.0927. The first-order valence-electron chi connectivity index (χ1n) is 8.56. The highest BCUT2D eigenvalue weighted by atomic mass is 19.1. The van der Waals surface area contributed by atoms with E-state index in [1.807, 2.05) is 6.07 Å². The van der Waals surface area contributed by atoms with Crippen LogP contribution in [0.1, 0.15) is 15.9 Å². The van der Waals surface area contributed by atoms with E-state index < -0.39 is 0 Å². The highest BCUT2D eigenvalue weighted by Crippen LogP contribution is 2.31. The van der Waals surface area contributed by atoms with Crippen molar-refractivity contribution in [1.82, 2.24) is 10.3 Å². The Hall–Kier alpha value is -3.61. The van der Waals surface area contributed by atoms with Crippen LogP contribution in [0.2, 0.25) is 0 Å². The van der Waals surface area contributed by atoms with Crippen LogP contribution in [0.5, 0.6) is 11.5 Å². The molecule has 0 unspecified atom stereocenters. The molecule has 0 radical (unpaired) electrons. The van der Waals surface area contributed by atoms with Gasteiger partial charge in [0.2, 0.25) is 0 Å². The van der Waals surface area contributed by atoms with Gasteiger partial charge in [0.25, 0.3) is 5.91 Å². The van der Waals surface area contributed by atoms with Crippen LogP contribution in [0.4, 0.5) is 15.8 Å². The molecule has 3 rings (SSSR count). The van der Waals surface area contributed by atoms with Crippen molar-refractivity contribution >= 4 is 17.3 Å². The van der Waals surface area contributed by atoms with E-state index in [-0.39, 0.29) is 18.3 Å². The quantitative estimate of drug-likeness (QED) is 0.649. The number of anilines is 2. The zero-order valence-corrected chi connectivity index (χ0v) is 15.5. The standard InChI is InChI=1S/C21H20FN3O3/c1-27-17-7-8-19(20(10-17)28-2)25-16-9-15(11-23-13-16)21(26)24-12-14-5-3-4-6-18(14)22/h3-11,13,25H,12H2,1-2H3,(H,24,26). The Kier molecular flexibility index (Phi) is 6.06. The molecular weight excluding hydrogens is 361 g/mol. The largest absolute Gasteiger partial charge is 0.497 e. The number of carbonyl (C=O) groups excluding carboxylic acids is 1. The van der Waals surface area contributed by atoms with Gasteiger partial charge in [0.05, 0.1) is 37.4 Å². The number of carbonyl (C=O) groups is 1. The van der Waals surface area contributed by atoms with E-state index in [2.05, 4.69) is 15.6 Å². The summed E-state index contributed by atoms with van der Waals surface area (Å²) < 4.78 is 24.2. The van der Waals surface area contributed by atoms with E-state index in [0.717, 1.165) is 0 Å². The molecule has 2 N–H and O–H groups in total. The number of ether oxygens (including phenoxy) is 2. The molecule has 2 aromatic carbocycles. The van der Waals surface area contributed by atoms with Crippen molar-refractivity contribution in [3.63, 3.8) is 0 Å². The third-order valence-electron chi connectivity index (χ3n) is 4.09. The molecule has 0 aliphatic carbocycles. The number of hydrogen-bond acceptors (Lipinski definition) is 5. The maximum Gasteiger partial charge on any atom is 0.253 e. The SMILES string of the molecule is COc1ccc(Nc2cncc(C(=O)NCc3ccccc3F)c2)c(OC)c1. The number of pyridine rings is 1. The molecule has 3 aromatic rings. The molecule has 0 bridgehead atoms. The zero-order chi connectivity index (χ0) is 19.9. The number of hydrogen-bond donors (Lipinski definition) is 2. The van der Waals surface area contributed by atoms with Crippen molar-refractivity contribution < 1.29 is 18.7 Å². The maximum absolute atomic E-state index is 13.7. The number of aromatic nitrogens is 1. The number of halogens is 1. The van der Waals surface area contributed by atoms with E-state index in [1.54, 1.807) is 56.8 Å². The Morgan fingerprint density at radius 2 is 1.89 bits per heavy atom. The number of benzene rings is 2. The van der Waals surface area contributed by atoms with Crippen LogP contribution in [-0.2, 0) is 6.54 Å². The molecule has 0 fully saturated rings. The van der Waals surface area contributed by atoms with Crippen LogP contribution < -0.4 is 20.1 Å². The zero-order valence-electron chi connectivity index (χ0n) is 15.5. The lowest BCUT2D eigenvalue weighted by Gasteiger charge is -2.13. The number of nitrogens with one attached hydrogen (secondary N) is 2. The maximum atomic E-state index is 13.7. The number of amides is 1. The Morgan fingerprint density at radius 1 is 1.07 bits per heavy atom. The first-order valence-corrected chi connectivity index (χ1v) is 8.56. The minimum atomic E-state index is -0.358. The topological polar surface area (TPSA) is 72.5 Å². The van der Waals surface area contributed by atoms with Crippen molar-refractivity contribution in [1.29, 1.82) is 0 Å². The second kappa shape index (κ2) is 8.85. The monoisotopic (exact) mass is 381 g/mol. The van der Waals surface area contributed by atoms with Crippen LogP contribution in [0.25, 0.3) is 0 Å². The second-order valence-electron chi connectivity index (χ2n) is 5.93.